The summed E-state index contributed by atoms with van der Waals surface area (Å²) in [5, 5.41) is 3.28. The molecule has 4 nitrogen and oxygen atoms in total. The van der Waals surface area contributed by atoms with Crippen molar-refractivity contribution in [1.82, 2.24) is 5.32 Å². The third-order valence-electron chi connectivity index (χ3n) is 3.20. The van der Waals surface area contributed by atoms with E-state index in [4.69, 9.17) is 4.74 Å². The van der Waals surface area contributed by atoms with E-state index in [-0.39, 0.29) is 5.41 Å². The lowest BCUT2D eigenvalue weighted by atomic mass is 9.84. The molecule has 1 aliphatic heterocycles. The first kappa shape index (κ1) is 13.9. The van der Waals surface area contributed by atoms with Gasteiger partial charge in [-0.3, -0.25) is 0 Å². The zero-order valence-electron chi connectivity index (χ0n) is 10.3. The van der Waals surface area contributed by atoms with Gasteiger partial charge in [0.25, 0.3) is 0 Å². The Labute approximate surface area is 98.7 Å². The minimum absolute atomic E-state index is 0.0932. The summed E-state index contributed by atoms with van der Waals surface area (Å²) in [7, 11) is -2.82. The highest BCUT2D eigenvalue weighted by molar-refractivity contribution is 7.91. The quantitative estimate of drug-likeness (QED) is 0.679. The van der Waals surface area contributed by atoms with Gasteiger partial charge < -0.3 is 10.1 Å². The topological polar surface area (TPSA) is 55.4 Å². The summed E-state index contributed by atoms with van der Waals surface area (Å²) in [5.41, 5.74) is -0.0932. The van der Waals surface area contributed by atoms with Crippen LogP contribution < -0.4 is 5.32 Å². The van der Waals surface area contributed by atoms with Gasteiger partial charge in [0, 0.05) is 19.8 Å². The number of nitrogens with one attached hydrogen (secondary N) is 1. The molecule has 0 aromatic rings. The van der Waals surface area contributed by atoms with Crippen molar-refractivity contribution >= 4 is 9.84 Å². The van der Waals surface area contributed by atoms with Gasteiger partial charge in [-0.25, -0.2) is 8.42 Å². The highest BCUT2D eigenvalue weighted by Gasteiger charge is 2.41. The van der Waals surface area contributed by atoms with Gasteiger partial charge >= 0.3 is 0 Å². The molecule has 0 aliphatic carbocycles. The van der Waals surface area contributed by atoms with Crippen LogP contribution in [0.15, 0.2) is 0 Å². The second kappa shape index (κ2) is 5.98. The Morgan fingerprint density at radius 3 is 2.62 bits per heavy atom. The SMILES string of the molecule is CCNCC1(CCOCC)CCS(=O)(=O)C1. The summed E-state index contributed by atoms with van der Waals surface area (Å²) in [6, 6.07) is 0. The van der Waals surface area contributed by atoms with Gasteiger partial charge in [-0.1, -0.05) is 6.92 Å². The van der Waals surface area contributed by atoms with Crippen LogP contribution in [0.3, 0.4) is 0 Å². The van der Waals surface area contributed by atoms with Gasteiger partial charge in [0.2, 0.25) is 0 Å². The Morgan fingerprint density at radius 1 is 1.38 bits per heavy atom. The van der Waals surface area contributed by atoms with Crippen molar-refractivity contribution in [3.63, 3.8) is 0 Å². The Balaban J connectivity index is 2.56. The summed E-state index contributed by atoms with van der Waals surface area (Å²) in [4.78, 5) is 0. The molecule has 16 heavy (non-hydrogen) atoms. The van der Waals surface area contributed by atoms with Crippen LogP contribution in [-0.2, 0) is 14.6 Å². The smallest absolute Gasteiger partial charge is 0.150 e. The Kier molecular flexibility index (Phi) is 5.21. The van der Waals surface area contributed by atoms with Crippen LogP contribution in [0.5, 0.6) is 0 Å². The molecule has 0 amide bonds. The van der Waals surface area contributed by atoms with E-state index in [1.807, 2.05) is 13.8 Å². The fourth-order valence-corrected chi connectivity index (χ4v) is 4.44. The summed E-state index contributed by atoms with van der Waals surface area (Å²) < 4.78 is 28.5. The van der Waals surface area contributed by atoms with Crippen molar-refractivity contribution in [2.24, 2.45) is 5.41 Å². The first-order valence-electron chi connectivity index (χ1n) is 6.02. The molecule has 1 atom stereocenters. The molecule has 0 bridgehead atoms. The van der Waals surface area contributed by atoms with Gasteiger partial charge in [0.15, 0.2) is 9.84 Å². The Morgan fingerprint density at radius 2 is 2.12 bits per heavy atom. The van der Waals surface area contributed by atoms with Crippen molar-refractivity contribution < 1.29 is 13.2 Å². The third-order valence-corrected chi connectivity index (χ3v) is 5.08. The molecule has 0 saturated carbocycles. The predicted octanol–water partition coefficient (Wildman–Crippen LogP) is 0.827. The molecule has 1 fully saturated rings. The van der Waals surface area contributed by atoms with Crippen molar-refractivity contribution in [3.05, 3.63) is 0 Å². The maximum atomic E-state index is 11.6. The molecule has 0 radical (unpaired) electrons. The zero-order chi connectivity index (χ0) is 12.1. The summed E-state index contributed by atoms with van der Waals surface area (Å²) in [6.07, 6.45) is 1.61. The monoisotopic (exact) mass is 249 g/mol. The molecule has 0 aromatic heterocycles. The van der Waals surface area contributed by atoms with Crippen LogP contribution in [0.2, 0.25) is 0 Å². The number of hydrogen-bond acceptors (Lipinski definition) is 4. The molecule has 0 aromatic carbocycles. The maximum absolute atomic E-state index is 11.6. The van der Waals surface area contributed by atoms with Gasteiger partial charge in [0.1, 0.15) is 0 Å². The highest BCUT2D eigenvalue weighted by atomic mass is 32.2. The van der Waals surface area contributed by atoms with Crippen LogP contribution in [0.1, 0.15) is 26.7 Å². The molecule has 0 spiro atoms. The molecule has 1 N–H and O–H groups in total. The lowest BCUT2D eigenvalue weighted by Crippen LogP contribution is -2.36. The van der Waals surface area contributed by atoms with E-state index >= 15 is 0 Å². The second-order valence-electron chi connectivity index (χ2n) is 4.57. The largest absolute Gasteiger partial charge is 0.382 e. The van der Waals surface area contributed by atoms with E-state index in [0.717, 1.165) is 25.9 Å². The van der Waals surface area contributed by atoms with Gasteiger partial charge in [0.05, 0.1) is 11.5 Å². The van der Waals surface area contributed by atoms with Crippen molar-refractivity contribution in [1.29, 1.82) is 0 Å². The lowest BCUT2D eigenvalue weighted by molar-refractivity contribution is 0.110. The number of rotatable bonds is 7. The summed E-state index contributed by atoms with van der Waals surface area (Å²) in [5.74, 6) is 0.657. The van der Waals surface area contributed by atoms with Gasteiger partial charge in [-0.15, -0.1) is 0 Å². The van der Waals surface area contributed by atoms with E-state index in [2.05, 4.69) is 5.32 Å². The average molecular weight is 249 g/mol. The molecule has 1 saturated heterocycles. The minimum atomic E-state index is -2.82. The lowest BCUT2D eigenvalue weighted by Gasteiger charge is -2.27. The Hall–Kier alpha value is -0.130. The standard InChI is InChI=1S/C11H23NO3S/c1-3-12-9-11(5-7-15-4-2)6-8-16(13,14)10-11/h12H,3-10H2,1-2H3. The summed E-state index contributed by atoms with van der Waals surface area (Å²) >= 11 is 0. The van der Waals surface area contributed by atoms with E-state index in [1.165, 1.54) is 0 Å². The first-order chi connectivity index (χ1) is 7.54. The van der Waals surface area contributed by atoms with Crippen LogP contribution >= 0.6 is 0 Å². The number of hydrogen-bond donors (Lipinski definition) is 1. The van der Waals surface area contributed by atoms with E-state index in [1.54, 1.807) is 0 Å². The van der Waals surface area contributed by atoms with Crippen molar-refractivity contribution in [2.45, 2.75) is 26.7 Å². The third kappa shape index (κ3) is 4.03. The zero-order valence-corrected chi connectivity index (χ0v) is 11.1. The minimum Gasteiger partial charge on any atom is -0.382 e. The normalized spacial score (nSPS) is 28.4. The molecule has 1 aliphatic rings. The molecule has 1 heterocycles. The van der Waals surface area contributed by atoms with E-state index in [9.17, 15) is 8.42 Å². The fourth-order valence-electron chi connectivity index (χ4n) is 2.23. The highest BCUT2D eigenvalue weighted by Crippen LogP contribution is 2.35. The molecular formula is C11H23NO3S. The Bertz CT molecular complexity index is 302. The van der Waals surface area contributed by atoms with Crippen LogP contribution in [0.4, 0.5) is 0 Å². The molecule has 5 heteroatoms. The van der Waals surface area contributed by atoms with Crippen LogP contribution in [0.25, 0.3) is 0 Å². The molecule has 96 valence electrons. The van der Waals surface area contributed by atoms with E-state index < -0.39 is 9.84 Å². The average Bonchev–Trinajstić information content (AvgIpc) is 2.53. The second-order valence-corrected chi connectivity index (χ2v) is 6.75. The van der Waals surface area contributed by atoms with Crippen LogP contribution in [0, 0.1) is 5.41 Å². The molecule has 1 unspecified atom stereocenters. The van der Waals surface area contributed by atoms with E-state index in [0.29, 0.717) is 24.7 Å². The van der Waals surface area contributed by atoms with Crippen molar-refractivity contribution in [3.8, 4) is 0 Å². The molecule has 1 rings (SSSR count). The fraction of sp³-hybridized carbons (Fsp3) is 1.00. The van der Waals surface area contributed by atoms with Gasteiger partial charge in [-0.05, 0) is 31.7 Å². The number of sulfone groups is 1. The predicted molar refractivity (Wildman–Crippen MR) is 65.4 cm³/mol. The van der Waals surface area contributed by atoms with Crippen LogP contribution in [-0.4, -0.2) is 46.2 Å². The first-order valence-corrected chi connectivity index (χ1v) is 7.84. The maximum Gasteiger partial charge on any atom is 0.150 e. The number of ether oxygens (including phenoxy) is 1. The summed E-state index contributed by atoms with van der Waals surface area (Å²) in [6.45, 7) is 7.04. The van der Waals surface area contributed by atoms with Crippen molar-refractivity contribution in [2.75, 3.05) is 37.8 Å². The van der Waals surface area contributed by atoms with Gasteiger partial charge in [-0.2, -0.15) is 0 Å². The molecular weight excluding hydrogens is 226 g/mol.